The first-order chi connectivity index (χ1) is 10.1. The van der Waals surface area contributed by atoms with E-state index in [0.717, 1.165) is 16.2 Å². The highest BCUT2D eigenvalue weighted by molar-refractivity contribution is 7.79. The minimum Gasteiger partial charge on any atom is -0.313 e. The molecule has 0 radical (unpaired) electrons. The molecule has 2 heteroatoms. The summed E-state index contributed by atoms with van der Waals surface area (Å²) in [7, 11) is -2.78. The van der Waals surface area contributed by atoms with Gasteiger partial charge in [-0.25, -0.2) is 0 Å². The van der Waals surface area contributed by atoms with Crippen LogP contribution in [0.3, 0.4) is 0 Å². The first-order valence-corrected chi connectivity index (χ1v) is 8.85. The van der Waals surface area contributed by atoms with E-state index < -0.39 is 7.14 Å². The molecule has 0 heterocycles. The summed E-state index contributed by atoms with van der Waals surface area (Å²) < 4.78 is 14.0. The third kappa shape index (κ3) is 3.09. The molecule has 0 N–H and O–H groups in total. The molecular formula is C19H21OP. The van der Waals surface area contributed by atoms with Gasteiger partial charge in [-0.05, 0) is 13.3 Å². The number of hydrogen-bond donors (Lipinski definition) is 0. The fraction of sp³-hybridized carbons (Fsp3) is 0.158. The number of benzene rings is 2. The molecule has 2 aromatic rings. The predicted molar refractivity (Wildman–Crippen MR) is 93.2 cm³/mol. The van der Waals surface area contributed by atoms with Crippen molar-refractivity contribution in [2.75, 3.05) is 0 Å². The summed E-state index contributed by atoms with van der Waals surface area (Å²) in [6.07, 6.45) is 2.49. The molecule has 0 fully saturated rings. The van der Waals surface area contributed by atoms with Gasteiger partial charge in [-0.1, -0.05) is 78.9 Å². The van der Waals surface area contributed by atoms with E-state index in [1.54, 1.807) is 0 Å². The van der Waals surface area contributed by atoms with Crippen LogP contribution in [0.25, 0.3) is 0 Å². The van der Waals surface area contributed by atoms with Crippen LogP contribution in [0.1, 0.15) is 13.3 Å². The second-order valence-electron chi connectivity index (χ2n) is 5.22. The Bertz CT molecular complexity index is 615. The topological polar surface area (TPSA) is 17.1 Å². The van der Waals surface area contributed by atoms with Crippen molar-refractivity contribution < 1.29 is 4.57 Å². The molecular weight excluding hydrogens is 275 g/mol. The molecule has 0 saturated heterocycles. The summed E-state index contributed by atoms with van der Waals surface area (Å²) in [5.74, 6) is 0. The van der Waals surface area contributed by atoms with Crippen molar-refractivity contribution in [3.8, 4) is 0 Å². The minimum absolute atomic E-state index is 0.111. The van der Waals surface area contributed by atoms with Gasteiger partial charge in [0.2, 0.25) is 0 Å². The monoisotopic (exact) mass is 296 g/mol. The molecule has 2 rings (SSSR count). The van der Waals surface area contributed by atoms with Crippen molar-refractivity contribution in [1.29, 1.82) is 0 Å². The van der Waals surface area contributed by atoms with Gasteiger partial charge < -0.3 is 4.57 Å². The second-order valence-corrected chi connectivity index (χ2v) is 8.19. The maximum Gasteiger partial charge on any atom is 0.150 e. The molecule has 2 aromatic carbocycles. The van der Waals surface area contributed by atoms with Crippen LogP contribution in [0.2, 0.25) is 0 Å². The van der Waals surface area contributed by atoms with E-state index in [9.17, 15) is 4.57 Å². The standard InChI is InChI=1S/C19H21OP/c1-4-11-19(16(2)3)21(20,17-12-7-5-8-13-17)18-14-9-6-10-15-18/h4-10,12-15,19H,1-2,11H2,3H3. The average Bonchev–Trinajstić information content (AvgIpc) is 2.53. The van der Waals surface area contributed by atoms with Gasteiger partial charge in [0, 0.05) is 16.3 Å². The molecule has 0 bridgehead atoms. The Balaban J connectivity index is 2.67. The Morgan fingerprint density at radius 3 is 1.81 bits per heavy atom. The summed E-state index contributed by atoms with van der Waals surface area (Å²) >= 11 is 0. The SMILES string of the molecule is C=CCC(C(=C)C)P(=O)(c1ccccc1)c1ccccc1. The van der Waals surface area contributed by atoms with Crippen molar-refractivity contribution in [2.24, 2.45) is 0 Å². The quantitative estimate of drug-likeness (QED) is 0.566. The lowest BCUT2D eigenvalue weighted by Crippen LogP contribution is -2.26. The van der Waals surface area contributed by atoms with Crippen molar-refractivity contribution in [1.82, 2.24) is 0 Å². The number of allylic oxidation sites excluding steroid dienone is 2. The Labute approximate surface area is 127 Å². The second kappa shape index (κ2) is 6.74. The van der Waals surface area contributed by atoms with Gasteiger partial charge >= 0.3 is 0 Å². The minimum atomic E-state index is -2.78. The van der Waals surface area contributed by atoms with Crippen LogP contribution in [-0.2, 0) is 4.57 Å². The Kier molecular flexibility index (Phi) is 4.98. The van der Waals surface area contributed by atoms with Crippen LogP contribution in [0.4, 0.5) is 0 Å². The van der Waals surface area contributed by atoms with Gasteiger partial charge in [0.25, 0.3) is 0 Å². The molecule has 0 aliphatic carbocycles. The zero-order valence-corrected chi connectivity index (χ0v) is 13.3. The number of rotatable bonds is 6. The zero-order chi connectivity index (χ0) is 15.3. The lowest BCUT2D eigenvalue weighted by molar-refractivity contribution is 0.581. The molecule has 0 amide bonds. The third-order valence-electron chi connectivity index (χ3n) is 3.68. The Morgan fingerprint density at radius 1 is 1.05 bits per heavy atom. The normalized spacial score (nSPS) is 12.6. The molecule has 0 aromatic heterocycles. The highest BCUT2D eigenvalue weighted by atomic mass is 31.2. The van der Waals surface area contributed by atoms with Gasteiger partial charge in [-0.2, -0.15) is 0 Å². The van der Waals surface area contributed by atoms with Crippen LogP contribution in [0.15, 0.2) is 85.5 Å². The lowest BCUT2D eigenvalue weighted by Gasteiger charge is -2.28. The van der Waals surface area contributed by atoms with E-state index in [2.05, 4.69) is 13.2 Å². The van der Waals surface area contributed by atoms with Crippen LogP contribution in [-0.4, -0.2) is 5.66 Å². The number of hydrogen-bond acceptors (Lipinski definition) is 1. The summed E-state index contributed by atoms with van der Waals surface area (Å²) in [6.45, 7) is 9.84. The average molecular weight is 296 g/mol. The summed E-state index contributed by atoms with van der Waals surface area (Å²) in [4.78, 5) is 0. The molecule has 0 saturated carbocycles. The smallest absolute Gasteiger partial charge is 0.150 e. The lowest BCUT2D eigenvalue weighted by atomic mass is 10.2. The van der Waals surface area contributed by atoms with Crippen LogP contribution in [0.5, 0.6) is 0 Å². The molecule has 0 spiro atoms. The summed E-state index contributed by atoms with van der Waals surface area (Å²) in [6, 6.07) is 19.5. The van der Waals surface area contributed by atoms with E-state index in [0.29, 0.717) is 6.42 Å². The molecule has 108 valence electrons. The maximum absolute atomic E-state index is 14.0. The van der Waals surface area contributed by atoms with Crippen molar-refractivity contribution >= 4 is 17.8 Å². The van der Waals surface area contributed by atoms with Crippen LogP contribution in [0, 0.1) is 0 Å². The van der Waals surface area contributed by atoms with Crippen LogP contribution >= 0.6 is 7.14 Å². The van der Waals surface area contributed by atoms with Crippen molar-refractivity contribution in [2.45, 2.75) is 19.0 Å². The van der Waals surface area contributed by atoms with E-state index in [1.165, 1.54) is 0 Å². The Hall–Kier alpha value is -1.85. The first-order valence-electron chi connectivity index (χ1n) is 7.08. The molecule has 1 nitrogen and oxygen atoms in total. The molecule has 0 aliphatic heterocycles. The highest BCUT2D eigenvalue weighted by Gasteiger charge is 2.36. The predicted octanol–water partition coefficient (Wildman–Crippen LogP) is 4.52. The molecule has 1 unspecified atom stereocenters. The maximum atomic E-state index is 14.0. The fourth-order valence-corrected chi connectivity index (χ4v) is 5.94. The van der Waals surface area contributed by atoms with E-state index in [1.807, 2.05) is 73.7 Å². The fourth-order valence-electron chi connectivity index (χ4n) is 2.63. The van der Waals surface area contributed by atoms with Gasteiger partial charge in [0.1, 0.15) is 7.14 Å². The van der Waals surface area contributed by atoms with Crippen molar-refractivity contribution in [3.63, 3.8) is 0 Å². The van der Waals surface area contributed by atoms with Gasteiger partial charge in [-0.3, -0.25) is 0 Å². The van der Waals surface area contributed by atoms with Gasteiger partial charge in [0.15, 0.2) is 0 Å². The van der Waals surface area contributed by atoms with Gasteiger partial charge in [0.05, 0.1) is 0 Å². The van der Waals surface area contributed by atoms with E-state index in [-0.39, 0.29) is 5.66 Å². The zero-order valence-electron chi connectivity index (χ0n) is 12.4. The highest BCUT2D eigenvalue weighted by Crippen LogP contribution is 2.52. The molecule has 0 aliphatic rings. The largest absolute Gasteiger partial charge is 0.313 e. The third-order valence-corrected chi connectivity index (χ3v) is 7.34. The Morgan fingerprint density at radius 2 is 1.48 bits per heavy atom. The van der Waals surface area contributed by atoms with Gasteiger partial charge in [-0.15, -0.1) is 6.58 Å². The van der Waals surface area contributed by atoms with E-state index >= 15 is 0 Å². The van der Waals surface area contributed by atoms with Crippen molar-refractivity contribution in [3.05, 3.63) is 85.5 Å². The van der Waals surface area contributed by atoms with Crippen LogP contribution < -0.4 is 10.6 Å². The van der Waals surface area contributed by atoms with E-state index in [4.69, 9.17) is 0 Å². The summed E-state index contributed by atoms with van der Waals surface area (Å²) in [5.41, 5.74) is 0.825. The molecule has 21 heavy (non-hydrogen) atoms. The molecule has 1 atom stereocenters. The first kappa shape index (κ1) is 15.5. The summed E-state index contributed by atoms with van der Waals surface area (Å²) in [5, 5.41) is 1.76.